The van der Waals surface area contributed by atoms with E-state index in [4.69, 9.17) is 4.74 Å². The van der Waals surface area contributed by atoms with Gasteiger partial charge in [0.25, 0.3) is 16.7 Å². The first-order chi connectivity index (χ1) is 22.4. The number of thioether (sulfide) groups is 1. The minimum Gasteiger partial charge on any atom is -0.465 e. The number of nitrogens with zero attached hydrogens (tertiary/aromatic N) is 3. The van der Waals surface area contributed by atoms with Crippen molar-refractivity contribution in [1.82, 2.24) is 9.47 Å². The summed E-state index contributed by atoms with van der Waals surface area (Å²) < 4.78 is 7.19. The van der Waals surface area contributed by atoms with E-state index < -0.39 is 11.9 Å². The topological polar surface area (TPSA) is 88.9 Å². The molecule has 2 fully saturated rings. The zero-order valence-electron chi connectivity index (χ0n) is 26.5. The van der Waals surface area contributed by atoms with Gasteiger partial charge in [0.05, 0.1) is 11.1 Å². The lowest BCUT2D eigenvalue weighted by Crippen LogP contribution is -2.36. The first kappa shape index (κ1) is 32.3. The molecule has 0 spiro atoms. The third-order valence-electron chi connectivity index (χ3n) is 9.13. The van der Waals surface area contributed by atoms with Crippen molar-refractivity contribution in [2.24, 2.45) is 0 Å². The van der Waals surface area contributed by atoms with Crippen LogP contribution in [0, 0.1) is 0 Å². The largest absolute Gasteiger partial charge is 0.465 e. The van der Waals surface area contributed by atoms with Gasteiger partial charge >= 0.3 is 5.97 Å². The second-order valence-electron chi connectivity index (χ2n) is 12.2. The number of para-hydroxylation sites is 1. The lowest BCUT2D eigenvalue weighted by molar-refractivity contribution is -0.143. The number of amides is 2. The van der Waals surface area contributed by atoms with Gasteiger partial charge in [0.15, 0.2) is 0 Å². The summed E-state index contributed by atoms with van der Waals surface area (Å²) in [4.78, 5) is 56.8. The summed E-state index contributed by atoms with van der Waals surface area (Å²) in [5.74, 6) is -0.540. The van der Waals surface area contributed by atoms with Crippen LogP contribution in [-0.4, -0.2) is 45.8 Å². The van der Waals surface area contributed by atoms with Crippen molar-refractivity contribution >= 4 is 62.6 Å². The second-order valence-corrected chi connectivity index (χ2v) is 14.2. The van der Waals surface area contributed by atoms with Crippen LogP contribution in [0.2, 0.25) is 0 Å². The lowest BCUT2D eigenvalue weighted by Gasteiger charge is -2.27. The first-order valence-electron chi connectivity index (χ1n) is 16.5. The number of thiazole rings is 1. The Morgan fingerprint density at radius 1 is 0.978 bits per heavy atom. The molecule has 1 aliphatic carbocycles. The molecule has 46 heavy (non-hydrogen) atoms. The minimum absolute atomic E-state index is 0.179. The number of benzene rings is 2. The van der Waals surface area contributed by atoms with E-state index in [2.05, 4.69) is 48.2 Å². The molecule has 2 unspecified atom stereocenters. The highest BCUT2D eigenvalue weighted by Gasteiger charge is 2.42. The smallest absolute Gasteiger partial charge is 0.326 e. The van der Waals surface area contributed by atoms with Gasteiger partial charge in [-0.1, -0.05) is 69.7 Å². The van der Waals surface area contributed by atoms with E-state index in [1.165, 1.54) is 39.2 Å². The van der Waals surface area contributed by atoms with E-state index >= 15 is 0 Å². The van der Waals surface area contributed by atoms with Crippen LogP contribution in [0.15, 0.2) is 53.3 Å². The van der Waals surface area contributed by atoms with Gasteiger partial charge in [-0.3, -0.25) is 28.6 Å². The van der Waals surface area contributed by atoms with Crippen molar-refractivity contribution in [2.45, 2.75) is 90.1 Å². The Balaban J connectivity index is 1.35. The third-order valence-corrected chi connectivity index (χ3v) is 11.4. The number of aromatic nitrogens is 1. The van der Waals surface area contributed by atoms with E-state index in [1.54, 1.807) is 6.92 Å². The highest BCUT2D eigenvalue weighted by molar-refractivity contribution is 8.23. The molecule has 0 radical (unpaired) electrons. The van der Waals surface area contributed by atoms with E-state index in [-0.39, 0.29) is 28.9 Å². The highest BCUT2D eigenvalue weighted by atomic mass is 32.2. The van der Waals surface area contributed by atoms with Crippen molar-refractivity contribution in [1.29, 1.82) is 0 Å². The Labute approximate surface area is 277 Å². The van der Waals surface area contributed by atoms with Gasteiger partial charge in [-0.2, -0.15) is 0 Å². The molecule has 3 aromatic rings. The molecular weight excluding hydrogens is 619 g/mol. The molecule has 0 bridgehead atoms. The first-order valence-corrected chi connectivity index (χ1v) is 18.2. The van der Waals surface area contributed by atoms with Gasteiger partial charge in [0.1, 0.15) is 16.1 Å². The summed E-state index contributed by atoms with van der Waals surface area (Å²) in [5.41, 5.74) is 4.20. The molecule has 242 valence electrons. The summed E-state index contributed by atoms with van der Waals surface area (Å²) in [6.07, 6.45) is 11.5. The molecule has 1 saturated heterocycles. The quantitative estimate of drug-likeness (QED) is 0.168. The fourth-order valence-corrected chi connectivity index (χ4v) is 9.12. The SMILES string of the molecule is CCCCCCCCN1C(=O)S/C(=c2/s/c(=C/c3ccc4c(c3)C3CCCC3N4c3ccccc3)c(=O)n2CC(=O)OCC)C1=O. The number of fused-ring (bicyclic) bond motifs is 3. The van der Waals surface area contributed by atoms with Gasteiger partial charge in [0.2, 0.25) is 0 Å². The summed E-state index contributed by atoms with van der Waals surface area (Å²) >= 11 is 2.00. The fourth-order valence-electron chi connectivity index (χ4n) is 6.98. The van der Waals surface area contributed by atoms with E-state index in [1.807, 2.05) is 18.2 Å². The van der Waals surface area contributed by atoms with Gasteiger partial charge in [0, 0.05) is 29.9 Å². The van der Waals surface area contributed by atoms with E-state index in [0.29, 0.717) is 27.7 Å². The molecule has 2 aromatic carbocycles. The zero-order valence-corrected chi connectivity index (χ0v) is 28.2. The molecule has 1 aromatic heterocycles. The summed E-state index contributed by atoms with van der Waals surface area (Å²) in [5, 5.41) is -0.338. The van der Waals surface area contributed by atoms with Gasteiger partial charge in [-0.05, 0) is 79.4 Å². The molecule has 0 N–H and O–H groups in total. The van der Waals surface area contributed by atoms with Crippen LogP contribution in [0.3, 0.4) is 0 Å². The van der Waals surface area contributed by atoms with Crippen molar-refractivity contribution in [2.75, 3.05) is 18.1 Å². The monoisotopic (exact) mass is 659 g/mol. The fraction of sp³-hybridized carbons (Fsp3) is 0.444. The number of anilines is 2. The Morgan fingerprint density at radius 2 is 1.76 bits per heavy atom. The summed E-state index contributed by atoms with van der Waals surface area (Å²) in [6, 6.07) is 17.3. The predicted octanol–water partition coefficient (Wildman–Crippen LogP) is 6.25. The van der Waals surface area contributed by atoms with Crippen LogP contribution in [0.1, 0.15) is 88.7 Å². The Morgan fingerprint density at radius 3 is 2.54 bits per heavy atom. The van der Waals surface area contributed by atoms with Crippen LogP contribution < -0.4 is 19.7 Å². The maximum Gasteiger partial charge on any atom is 0.326 e. The number of hydrogen-bond donors (Lipinski definition) is 0. The maximum absolute atomic E-state index is 13.8. The molecule has 6 rings (SSSR count). The highest BCUT2D eigenvalue weighted by Crippen LogP contribution is 2.52. The summed E-state index contributed by atoms with van der Waals surface area (Å²) in [6.45, 7) is 4.08. The number of carbonyl (C=O) groups excluding carboxylic acids is 3. The molecular formula is C36H41N3O5S2. The third kappa shape index (κ3) is 6.47. The molecule has 3 heterocycles. The van der Waals surface area contributed by atoms with E-state index in [0.717, 1.165) is 73.6 Å². The number of unbranched alkanes of at least 4 members (excludes halogenated alkanes) is 5. The van der Waals surface area contributed by atoms with Crippen LogP contribution in [-0.2, 0) is 20.9 Å². The zero-order chi connectivity index (χ0) is 32.2. The average Bonchev–Trinajstić information content (AvgIpc) is 3.79. The van der Waals surface area contributed by atoms with Gasteiger partial charge in [-0.15, -0.1) is 11.3 Å². The predicted molar refractivity (Wildman–Crippen MR) is 185 cm³/mol. The van der Waals surface area contributed by atoms with Crippen molar-refractivity contribution in [3.05, 3.63) is 79.2 Å². The molecule has 8 nitrogen and oxygen atoms in total. The maximum atomic E-state index is 13.8. The van der Waals surface area contributed by atoms with Gasteiger partial charge in [-0.25, -0.2) is 0 Å². The van der Waals surface area contributed by atoms with Gasteiger partial charge < -0.3 is 9.64 Å². The normalized spacial score (nSPS) is 20.5. The number of rotatable bonds is 12. The molecule has 2 atom stereocenters. The number of ether oxygens (including phenoxy) is 1. The Hall–Kier alpha value is -3.63. The molecule has 2 amide bonds. The van der Waals surface area contributed by atoms with Crippen LogP contribution >= 0.6 is 23.1 Å². The second kappa shape index (κ2) is 14.4. The van der Waals surface area contributed by atoms with Crippen molar-refractivity contribution < 1.29 is 19.1 Å². The van der Waals surface area contributed by atoms with Crippen LogP contribution in [0.4, 0.5) is 16.2 Å². The van der Waals surface area contributed by atoms with Crippen molar-refractivity contribution in [3.63, 3.8) is 0 Å². The number of esters is 1. The van der Waals surface area contributed by atoms with Crippen molar-refractivity contribution in [3.8, 4) is 0 Å². The lowest BCUT2D eigenvalue weighted by atomic mass is 9.96. The van der Waals surface area contributed by atoms with Crippen LogP contribution in [0.5, 0.6) is 0 Å². The summed E-state index contributed by atoms with van der Waals surface area (Å²) in [7, 11) is 0. The Bertz CT molecular complexity index is 1800. The molecule has 2 aliphatic heterocycles. The number of hydrogen-bond acceptors (Lipinski definition) is 8. The molecule has 1 saturated carbocycles. The average molecular weight is 660 g/mol. The number of carbonyl (C=O) groups is 3. The number of imide groups is 1. The minimum atomic E-state index is -0.563. The molecule has 3 aliphatic rings. The standard InChI is InChI=1S/C36H41N3O5S2/c1-3-5-6-7-8-12-20-37-34(42)32(46-36(37)43)35-38(23-31(40)44-4-2)33(41)30(45-35)22-24-18-19-29-27(21-24)26-16-13-17-28(26)39(29)25-14-10-9-11-15-25/h9-11,14-15,18-19,21-22,26,28H,3-8,12-13,16-17,20,23H2,1-2H3/b30-22+,35-32+. The Kier molecular flexibility index (Phi) is 10.1. The van der Waals surface area contributed by atoms with Crippen LogP contribution in [0.25, 0.3) is 11.0 Å². The van der Waals surface area contributed by atoms with E-state index in [9.17, 15) is 19.2 Å². The molecule has 10 heteroatoms.